The Morgan fingerprint density at radius 3 is 2.79 bits per heavy atom. The van der Waals surface area contributed by atoms with Crippen LogP contribution >= 0.6 is 15.9 Å². The number of hydrogen-bond acceptors (Lipinski definition) is 3. The molecule has 2 saturated heterocycles. The molecule has 2 aliphatic heterocycles. The van der Waals surface area contributed by atoms with Gasteiger partial charge in [-0.1, -0.05) is 12.1 Å². The maximum atomic E-state index is 12.2. The van der Waals surface area contributed by atoms with Crippen molar-refractivity contribution in [2.75, 3.05) is 31.1 Å². The Balaban J connectivity index is 1.87. The molecule has 1 aromatic rings. The molecule has 2 fully saturated rings. The maximum Gasteiger partial charge on any atom is 0.246 e. The number of benzene rings is 1. The molecule has 3 rings (SSSR count). The van der Waals surface area contributed by atoms with E-state index < -0.39 is 0 Å². The van der Waals surface area contributed by atoms with Crippen LogP contribution in [0.5, 0.6) is 0 Å². The number of para-hydroxylation sites is 1. The molecule has 1 atom stereocenters. The Bertz CT molecular complexity index is 534. The second-order valence-corrected chi connectivity index (χ2v) is 5.62. The molecule has 19 heavy (non-hydrogen) atoms. The summed E-state index contributed by atoms with van der Waals surface area (Å²) in [5.74, 6) is -0.0187. The lowest BCUT2D eigenvalue weighted by Gasteiger charge is -2.43. The van der Waals surface area contributed by atoms with Crippen LogP contribution in [0.15, 0.2) is 28.7 Å². The summed E-state index contributed by atoms with van der Waals surface area (Å²) in [6.07, 6.45) is 0. The van der Waals surface area contributed by atoms with Crippen molar-refractivity contribution >= 4 is 33.4 Å². The first-order valence-electron chi connectivity index (χ1n) is 6.22. The molecular formula is C13H14BrN3O2. The molecule has 0 aromatic heterocycles. The Kier molecular flexibility index (Phi) is 3.28. The number of nitrogens with one attached hydrogen (secondary N) is 1. The molecule has 2 aliphatic rings. The van der Waals surface area contributed by atoms with E-state index in [1.165, 1.54) is 0 Å². The number of rotatable bonds is 1. The van der Waals surface area contributed by atoms with Gasteiger partial charge in [0, 0.05) is 17.6 Å². The van der Waals surface area contributed by atoms with E-state index in [-0.39, 0.29) is 24.4 Å². The summed E-state index contributed by atoms with van der Waals surface area (Å²) in [5, 5.41) is 3.09. The number of hydrogen-bond donors (Lipinski definition) is 1. The fraction of sp³-hybridized carbons (Fsp3) is 0.385. The predicted octanol–water partition coefficient (Wildman–Crippen LogP) is 0.596. The van der Waals surface area contributed by atoms with E-state index in [4.69, 9.17) is 0 Å². The number of amides is 2. The first-order valence-corrected chi connectivity index (χ1v) is 7.01. The van der Waals surface area contributed by atoms with E-state index in [2.05, 4.69) is 21.2 Å². The van der Waals surface area contributed by atoms with Crippen LogP contribution < -0.4 is 10.2 Å². The number of nitrogens with zero attached hydrogens (tertiary/aromatic N) is 2. The number of carbonyl (C=O) groups excluding carboxylic acids is 2. The molecular weight excluding hydrogens is 310 g/mol. The van der Waals surface area contributed by atoms with Gasteiger partial charge in [0.25, 0.3) is 0 Å². The van der Waals surface area contributed by atoms with E-state index in [9.17, 15) is 9.59 Å². The van der Waals surface area contributed by atoms with Gasteiger partial charge in [-0.05, 0) is 28.1 Å². The zero-order valence-electron chi connectivity index (χ0n) is 10.3. The van der Waals surface area contributed by atoms with Crippen molar-refractivity contribution in [3.8, 4) is 0 Å². The van der Waals surface area contributed by atoms with Crippen LogP contribution in [0.3, 0.4) is 0 Å². The Hall–Kier alpha value is -1.40. The largest absolute Gasteiger partial charge is 0.326 e. The SMILES string of the molecule is O=C1CN2C(=O)CNCC2CN1c1ccccc1Br. The Labute approximate surface area is 119 Å². The molecule has 1 unspecified atom stereocenters. The molecule has 1 N–H and O–H groups in total. The van der Waals surface area contributed by atoms with Gasteiger partial charge >= 0.3 is 0 Å². The van der Waals surface area contributed by atoms with Crippen molar-refractivity contribution in [2.24, 2.45) is 0 Å². The molecule has 2 amide bonds. The minimum absolute atomic E-state index is 0.0105. The topological polar surface area (TPSA) is 52.7 Å². The summed E-state index contributed by atoms with van der Waals surface area (Å²) < 4.78 is 0.895. The van der Waals surface area contributed by atoms with Crippen molar-refractivity contribution < 1.29 is 9.59 Å². The molecule has 0 saturated carbocycles. The number of halogens is 1. The first-order chi connectivity index (χ1) is 9.16. The second-order valence-electron chi connectivity index (χ2n) is 4.76. The summed E-state index contributed by atoms with van der Waals surface area (Å²) >= 11 is 3.47. The average molecular weight is 324 g/mol. The van der Waals surface area contributed by atoms with Crippen molar-refractivity contribution in [3.05, 3.63) is 28.7 Å². The minimum Gasteiger partial charge on any atom is -0.326 e. The Morgan fingerprint density at radius 2 is 2.00 bits per heavy atom. The van der Waals surface area contributed by atoms with Gasteiger partial charge in [0.15, 0.2) is 0 Å². The van der Waals surface area contributed by atoms with Crippen molar-refractivity contribution in [1.29, 1.82) is 0 Å². The minimum atomic E-state index is -0.0293. The second kappa shape index (κ2) is 4.94. The molecule has 6 heteroatoms. The summed E-state index contributed by atoms with van der Waals surface area (Å²) in [7, 11) is 0. The third-order valence-corrected chi connectivity index (χ3v) is 4.23. The highest BCUT2D eigenvalue weighted by Gasteiger charge is 2.37. The van der Waals surface area contributed by atoms with E-state index in [0.717, 1.165) is 16.7 Å². The summed E-state index contributed by atoms with van der Waals surface area (Å²) in [6.45, 7) is 1.78. The normalized spacial score (nSPS) is 23.5. The molecule has 0 bridgehead atoms. The van der Waals surface area contributed by atoms with Crippen LogP contribution in [0, 0.1) is 0 Å². The van der Waals surface area contributed by atoms with Gasteiger partial charge in [0.1, 0.15) is 6.54 Å². The molecule has 5 nitrogen and oxygen atoms in total. The monoisotopic (exact) mass is 323 g/mol. The number of piperazine rings is 2. The van der Waals surface area contributed by atoms with Crippen LogP contribution in [0.1, 0.15) is 0 Å². The molecule has 0 aliphatic carbocycles. The molecule has 0 radical (unpaired) electrons. The fourth-order valence-electron chi connectivity index (χ4n) is 2.59. The number of carbonyl (C=O) groups is 2. The van der Waals surface area contributed by atoms with Gasteiger partial charge in [-0.25, -0.2) is 0 Å². The van der Waals surface area contributed by atoms with E-state index >= 15 is 0 Å². The van der Waals surface area contributed by atoms with E-state index in [0.29, 0.717) is 13.1 Å². The lowest BCUT2D eigenvalue weighted by atomic mass is 10.1. The zero-order chi connectivity index (χ0) is 13.4. The molecule has 2 heterocycles. The lowest BCUT2D eigenvalue weighted by Crippen LogP contribution is -2.65. The van der Waals surface area contributed by atoms with Crippen LogP contribution in [0.25, 0.3) is 0 Å². The van der Waals surface area contributed by atoms with Crippen molar-refractivity contribution in [2.45, 2.75) is 6.04 Å². The van der Waals surface area contributed by atoms with E-state index in [1.807, 2.05) is 24.3 Å². The number of anilines is 1. The van der Waals surface area contributed by atoms with Gasteiger partial charge < -0.3 is 15.1 Å². The summed E-state index contributed by atoms with van der Waals surface area (Å²) in [4.78, 5) is 27.4. The van der Waals surface area contributed by atoms with E-state index in [1.54, 1.807) is 9.80 Å². The molecule has 1 aromatic carbocycles. The van der Waals surface area contributed by atoms with Crippen LogP contribution in [0.2, 0.25) is 0 Å². The smallest absolute Gasteiger partial charge is 0.246 e. The molecule has 100 valence electrons. The third kappa shape index (κ3) is 2.26. The standard InChI is InChI=1S/C13H14BrN3O2/c14-10-3-1-2-4-11(10)17-7-9-5-15-6-12(18)16(9)8-13(17)19/h1-4,9,15H,5-8H2. The Morgan fingerprint density at radius 1 is 1.21 bits per heavy atom. The average Bonchev–Trinajstić information content (AvgIpc) is 2.40. The van der Waals surface area contributed by atoms with Gasteiger partial charge in [-0.15, -0.1) is 0 Å². The van der Waals surface area contributed by atoms with Crippen molar-refractivity contribution in [1.82, 2.24) is 10.2 Å². The number of fused-ring (bicyclic) bond motifs is 1. The van der Waals surface area contributed by atoms with Crippen LogP contribution in [-0.4, -0.2) is 48.9 Å². The summed E-state index contributed by atoms with van der Waals surface area (Å²) in [6, 6.07) is 7.71. The third-order valence-electron chi connectivity index (χ3n) is 3.56. The van der Waals surface area contributed by atoms with Crippen molar-refractivity contribution in [3.63, 3.8) is 0 Å². The van der Waals surface area contributed by atoms with Gasteiger partial charge in [0.05, 0.1) is 18.3 Å². The van der Waals surface area contributed by atoms with Gasteiger partial charge in [-0.3, -0.25) is 9.59 Å². The first kappa shape index (κ1) is 12.6. The predicted molar refractivity (Wildman–Crippen MR) is 74.9 cm³/mol. The summed E-state index contributed by atoms with van der Waals surface area (Å²) in [5.41, 5.74) is 0.866. The molecule has 0 spiro atoms. The van der Waals surface area contributed by atoms with Gasteiger partial charge in [-0.2, -0.15) is 0 Å². The highest BCUT2D eigenvalue weighted by atomic mass is 79.9. The fourth-order valence-corrected chi connectivity index (χ4v) is 3.09. The van der Waals surface area contributed by atoms with Crippen LogP contribution in [0.4, 0.5) is 5.69 Å². The highest BCUT2D eigenvalue weighted by molar-refractivity contribution is 9.10. The highest BCUT2D eigenvalue weighted by Crippen LogP contribution is 2.28. The zero-order valence-corrected chi connectivity index (χ0v) is 11.9. The quantitative estimate of drug-likeness (QED) is 0.823. The van der Waals surface area contributed by atoms with Crippen LogP contribution in [-0.2, 0) is 9.59 Å². The maximum absolute atomic E-state index is 12.2. The van der Waals surface area contributed by atoms with Gasteiger partial charge in [0.2, 0.25) is 11.8 Å². The lowest BCUT2D eigenvalue weighted by molar-refractivity contribution is -0.141.